The maximum absolute atomic E-state index is 12.7. The van der Waals surface area contributed by atoms with Gasteiger partial charge in [0.05, 0.1) is 13.7 Å². The lowest BCUT2D eigenvalue weighted by Crippen LogP contribution is -2.33. The predicted molar refractivity (Wildman–Crippen MR) is 103 cm³/mol. The first-order valence-electron chi connectivity index (χ1n) is 8.44. The Bertz CT molecular complexity index is 1070. The fraction of sp³-hybridized carbons (Fsp3) is 0.150. The number of benzene rings is 2. The zero-order valence-electron chi connectivity index (χ0n) is 15.4. The summed E-state index contributed by atoms with van der Waals surface area (Å²) >= 11 is 0. The summed E-state index contributed by atoms with van der Waals surface area (Å²) in [4.78, 5) is 35.5. The third-order valence-corrected chi connectivity index (χ3v) is 4.16. The molecule has 144 valence electrons. The number of fused-ring (bicyclic) bond motifs is 1. The highest BCUT2D eigenvalue weighted by Gasteiger charge is 2.19. The molecule has 1 aromatic heterocycles. The highest BCUT2D eigenvalue weighted by atomic mass is 16.5. The van der Waals surface area contributed by atoms with Gasteiger partial charge in [0.1, 0.15) is 11.3 Å². The molecule has 3 amide bonds. The van der Waals surface area contributed by atoms with Crippen molar-refractivity contribution in [2.75, 3.05) is 19.0 Å². The van der Waals surface area contributed by atoms with Crippen molar-refractivity contribution in [3.05, 3.63) is 59.4 Å². The normalized spacial score (nSPS) is 10.5. The number of ether oxygens (including phenoxy) is 1. The Kier molecular flexibility index (Phi) is 5.30. The number of methoxy groups -OCH3 is 1. The fourth-order valence-electron chi connectivity index (χ4n) is 2.74. The predicted octanol–water partition coefficient (Wildman–Crippen LogP) is 2.22. The molecule has 0 saturated heterocycles. The maximum atomic E-state index is 12.7. The summed E-state index contributed by atoms with van der Waals surface area (Å²) in [6, 6.07) is 11.6. The first-order chi connectivity index (χ1) is 13.4. The van der Waals surface area contributed by atoms with Crippen LogP contribution in [0.5, 0.6) is 5.75 Å². The van der Waals surface area contributed by atoms with E-state index < -0.39 is 17.7 Å². The van der Waals surface area contributed by atoms with Crippen LogP contribution < -0.4 is 21.1 Å². The number of hydrogen-bond donors (Lipinski definition) is 3. The number of carbonyl (C=O) groups is 3. The molecule has 0 radical (unpaired) electrons. The molecule has 3 aromatic rings. The molecule has 0 aliphatic rings. The van der Waals surface area contributed by atoms with E-state index in [0.717, 1.165) is 5.39 Å². The topological polar surface area (TPSA) is 124 Å². The molecule has 3 rings (SSSR count). The Balaban J connectivity index is 1.80. The molecule has 0 aliphatic heterocycles. The molecular formula is C20H19N3O5. The second-order valence-corrected chi connectivity index (χ2v) is 6.10. The summed E-state index contributed by atoms with van der Waals surface area (Å²) in [6.07, 6.45) is 0. The van der Waals surface area contributed by atoms with E-state index in [9.17, 15) is 14.4 Å². The van der Waals surface area contributed by atoms with E-state index in [1.807, 2.05) is 0 Å². The highest BCUT2D eigenvalue weighted by Crippen LogP contribution is 2.29. The molecule has 1 heterocycles. The molecule has 8 heteroatoms. The number of anilines is 1. The third kappa shape index (κ3) is 3.96. The Labute approximate surface area is 160 Å². The lowest BCUT2D eigenvalue weighted by molar-refractivity contribution is -0.117. The van der Waals surface area contributed by atoms with Crippen molar-refractivity contribution in [1.29, 1.82) is 0 Å². The summed E-state index contributed by atoms with van der Waals surface area (Å²) < 4.78 is 10.9. The van der Waals surface area contributed by atoms with Gasteiger partial charge < -0.3 is 25.5 Å². The monoisotopic (exact) mass is 381 g/mol. The van der Waals surface area contributed by atoms with E-state index in [-0.39, 0.29) is 17.9 Å². The lowest BCUT2D eigenvalue weighted by Gasteiger charge is -2.07. The zero-order valence-corrected chi connectivity index (χ0v) is 15.4. The maximum Gasteiger partial charge on any atom is 0.291 e. The van der Waals surface area contributed by atoms with E-state index in [1.54, 1.807) is 50.4 Å². The molecule has 4 N–H and O–H groups in total. The van der Waals surface area contributed by atoms with Gasteiger partial charge in [-0.05, 0) is 43.3 Å². The second kappa shape index (κ2) is 7.83. The summed E-state index contributed by atoms with van der Waals surface area (Å²) in [7, 11) is 1.57. The number of aryl methyl sites for hydroxylation is 1. The van der Waals surface area contributed by atoms with Crippen molar-refractivity contribution in [3.63, 3.8) is 0 Å². The molecule has 0 spiro atoms. The van der Waals surface area contributed by atoms with E-state index >= 15 is 0 Å². The number of rotatable bonds is 6. The minimum atomic E-state index is -0.644. The van der Waals surface area contributed by atoms with Crippen molar-refractivity contribution in [2.24, 2.45) is 5.73 Å². The van der Waals surface area contributed by atoms with Crippen LogP contribution in [0.1, 0.15) is 26.5 Å². The first kappa shape index (κ1) is 19.0. The molecule has 0 atom stereocenters. The largest absolute Gasteiger partial charge is 0.497 e. The van der Waals surface area contributed by atoms with Gasteiger partial charge in [-0.2, -0.15) is 0 Å². The summed E-state index contributed by atoms with van der Waals surface area (Å²) in [6.45, 7) is 1.52. The Morgan fingerprint density at radius 1 is 1.11 bits per heavy atom. The molecule has 8 nitrogen and oxygen atoms in total. The van der Waals surface area contributed by atoms with Crippen LogP contribution in [0.4, 0.5) is 5.69 Å². The van der Waals surface area contributed by atoms with Gasteiger partial charge in [0.15, 0.2) is 5.76 Å². The second-order valence-electron chi connectivity index (χ2n) is 6.10. The van der Waals surface area contributed by atoms with E-state index in [0.29, 0.717) is 22.6 Å². The van der Waals surface area contributed by atoms with E-state index in [2.05, 4.69) is 10.6 Å². The van der Waals surface area contributed by atoms with Crippen LogP contribution in [0, 0.1) is 6.92 Å². The van der Waals surface area contributed by atoms with Crippen LogP contribution in [0.25, 0.3) is 11.0 Å². The minimum absolute atomic E-state index is 0.173. The van der Waals surface area contributed by atoms with Crippen molar-refractivity contribution >= 4 is 34.4 Å². The lowest BCUT2D eigenvalue weighted by atomic mass is 10.1. The van der Waals surface area contributed by atoms with Crippen LogP contribution in [0.3, 0.4) is 0 Å². The summed E-state index contributed by atoms with van der Waals surface area (Å²) in [5, 5.41) is 5.89. The fourth-order valence-corrected chi connectivity index (χ4v) is 2.74. The van der Waals surface area contributed by atoms with Gasteiger partial charge in [-0.1, -0.05) is 6.07 Å². The van der Waals surface area contributed by atoms with Gasteiger partial charge in [0.25, 0.3) is 11.8 Å². The summed E-state index contributed by atoms with van der Waals surface area (Å²) in [5.41, 5.74) is 6.96. The van der Waals surface area contributed by atoms with Gasteiger partial charge in [0, 0.05) is 22.2 Å². The van der Waals surface area contributed by atoms with E-state index in [1.165, 1.54) is 6.07 Å². The van der Waals surface area contributed by atoms with Crippen molar-refractivity contribution in [3.8, 4) is 5.75 Å². The highest BCUT2D eigenvalue weighted by molar-refractivity contribution is 6.07. The van der Waals surface area contributed by atoms with Crippen LogP contribution in [0.2, 0.25) is 0 Å². The van der Waals surface area contributed by atoms with Crippen molar-refractivity contribution < 1.29 is 23.5 Å². The number of nitrogens with two attached hydrogens (primary N) is 1. The van der Waals surface area contributed by atoms with E-state index in [4.69, 9.17) is 14.9 Å². The standard InChI is InChI=1S/C20H19N3O5/c1-11-15-9-14(27-2)6-7-16(15)28-18(11)20(26)23-13-5-3-4-12(8-13)19(25)22-10-17(21)24/h3-9H,10H2,1-2H3,(H2,21,24)(H,22,25)(H,23,26). The zero-order chi connectivity index (χ0) is 20.3. The molecule has 0 aliphatic carbocycles. The number of primary amides is 1. The van der Waals surface area contributed by atoms with Crippen LogP contribution >= 0.6 is 0 Å². The number of amides is 3. The van der Waals surface area contributed by atoms with Crippen LogP contribution in [-0.2, 0) is 4.79 Å². The third-order valence-electron chi connectivity index (χ3n) is 4.16. The van der Waals surface area contributed by atoms with Gasteiger partial charge in [0.2, 0.25) is 5.91 Å². The average molecular weight is 381 g/mol. The quantitative estimate of drug-likeness (QED) is 0.604. The molecule has 0 bridgehead atoms. The smallest absolute Gasteiger partial charge is 0.291 e. The number of hydrogen-bond acceptors (Lipinski definition) is 5. The molecule has 0 unspecified atom stereocenters. The number of carbonyl (C=O) groups excluding carboxylic acids is 3. The van der Waals surface area contributed by atoms with Gasteiger partial charge in [-0.15, -0.1) is 0 Å². The Morgan fingerprint density at radius 3 is 2.61 bits per heavy atom. The van der Waals surface area contributed by atoms with Gasteiger partial charge in [-0.25, -0.2) is 0 Å². The molecular weight excluding hydrogens is 362 g/mol. The minimum Gasteiger partial charge on any atom is -0.497 e. The number of furan rings is 1. The van der Waals surface area contributed by atoms with Gasteiger partial charge in [-0.3, -0.25) is 14.4 Å². The number of nitrogens with one attached hydrogen (secondary N) is 2. The Hall–Kier alpha value is -3.81. The Morgan fingerprint density at radius 2 is 1.89 bits per heavy atom. The van der Waals surface area contributed by atoms with Gasteiger partial charge >= 0.3 is 0 Å². The molecule has 0 saturated carbocycles. The molecule has 28 heavy (non-hydrogen) atoms. The van der Waals surface area contributed by atoms with Crippen molar-refractivity contribution in [1.82, 2.24) is 5.32 Å². The van der Waals surface area contributed by atoms with Crippen LogP contribution in [0.15, 0.2) is 46.9 Å². The summed E-state index contributed by atoms with van der Waals surface area (Å²) in [5.74, 6) is -0.719. The SMILES string of the molecule is COc1ccc2oc(C(=O)Nc3cccc(C(=O)NCC(N)=O)c3)c(C)c2c1. The van der Waals surface area contributed by atoms with Crippen LogP contribution in [-0.4, -0.2) is 31.4 Å². The first-order valence-corrected chi connectivity index (χ1v) is 8.44. The average Bonchev–Trinajstić information content (AvgIpc) is 3.02. The van der Waals surface area contributed by atoms with Crippen molar-refractivity contribution in [2.45, 2.75) is 6.92 Å². The molecule has 0 fully saturated rings. The molecule has 2 aromatic carbocycles.